The topological polar surface area (TPSA) is 51.7 Å². The number of thiazole rings is 1. The summed E-state index contributed by atoms with van der Waals surface area (Å²) >= 11 is 1.72. The molecule has 1 aliphatic heterocycles. The van der Waals surface area contributed by atoms with Crippen molar-refractivity contribution in [1.29, 1.82) is 0 Å². The second-order valence-electron chi connectivity index (χ2n) is 4.35. The highest BCUT2D eigenvalue weighted by molar-refractivity contribution is 7.11. The molecule has 0 amide bonds. The summed E-state index contributed by atoms with van der Waals surface area (Å²) in [5.41, 5.74) is 0. The van der Waals surface area contributed by atoms with Crippen molar-refractivity contribution in [2.45, 2.75) is 26.0 Å². The number of hydrogen-bond donors (Lipinski definition) is 0. The van der Waals surface area contributed by atoms with Crippen molar-refractivity contribution < 1.29 is 14.3 Å². The third-order valence-electron chi connectivity index (χ3n) is 2.89. The highest BCUT2D eigenvalue weighted by Crippen LogP contribution is 2.17. The maximum Gasteiger partial charge on any atom is 0.308 e. The van der Waals surface area contributed by atoms with Gasteiger partial charge in [-0.2, -0.15) is 0 Å². The third kappa shape index (κ3) is 3.76. The Kier molecular flexibility index (Phi) is 4.68. The van der Waals surface area contributed by atoms with Crippen molar-refractivity contribution >= 4 is 17.3 Å². The summed E-state index contributed by atoms with van der Waals surface area (Å²) in [6, 6.07) is 0. The van der Waals surface area contributed by atoms with Crippen LogP contribution in [-0.4, -0.2) is 48.8 Å². The van der Waals surface area contributed by atoms with Gasteiger partial charge in [0.15, 0.2) is 0 Å². The standard InChI is InChI=1S/C12H18N2O3S/c1-9-13-6-11(18-9)8-14-3-4-17-10(7-14)5-12(15)16-2/h6,10H,3-5,7-8H2,1-2H3. The minimum Gasteiger partial charge on any atom is -0.469 e. The van der Waals surface area contributed by atoms with Crippen LogP contribution in [0.15, 0.2) is 6.20 Å². The summed E-state index contributed by atoms with van der Waals surface area (Å²) in [7, 11) is 1.41. The molecule has 1 atom stereocenters. The van der Waals surface area contributed by atoms with Crippen molar-refractivity contribution in [1.82, 2.24) is 9.88 Å². The lowest BCUT2D eigenvalue weighted by atomic mass is 10.2. The van der Waals surface area contributed by atoms with Gasteiger partial charge < -0.3 is 9.47 Å². The Balaban J connectivity index is 1.84. The average Bonchev–Trinajstić information content (AvgIpc) is 2.75. The largest absolute Gasteiger partial charge is 0.469 e. The quantitative estimate of drug-likeness (QED) is 0.770. The number of ether oxygens (including phenoxy) is 2. The van der Waals surface area contributed by atoms with Crippen LogP contribution in [0.1, 0.15) is 16.3 Å². The maximum absolute atomic E-state index is 11.2. The highest BCUT2D eigenvalue weighted by atomic mass is 32.1. The van der Waals surface area contributed by atoms with E-state index in [2.05, 4.69) is 14.6 Å². The molecule has 1 fully saturated rings. The van der Waals surface area contributed by atoms with Gasteiger partial charge in [-0.05, 0) is 6.92 Å². The number of rotatable bonds is 4. The lowest BCUT2D eigenvalue weighted by molar-refractivity contribution is -0.145. The molecule has 6 heteroatoms. The van der Waals surface area contributed by atoms with Crippen molar-refractivity contribution in [3.63, 3.8) is 0 Å². The summed E-state index contributed by atoms with van der Waals surface area (Å²) < 4.78 is 10.2. The third-order valence-corrected chi connectivity index (χ3v) is 3.79. The SMILES string of the molecule is COC(=O)CC1CN(Cc2cnc(C)s2)CCO1. The first-order valence-electron chi connectivity index (χ1n) is 5.99. The molecule has 1 aliphatic rings. The monoisotopic (exact) mass is 270 g/mol. The fourth-order valence-electron chi connectivity index (χ4n) is 2.02. The summed E-state index contributed by atoms with van der Waals surface area (Å²) in [4.78, 5) is 19.0. The molecule has 1 aromatic rings. The Bertz CT molecular complexity index is 408. The molecular weight excluding hydrogens is 252 g/mol. The Morgan fingerprint density at radius 3 is 3.22 bits per heavy atom. The van der Waals surface area contributed by atoms with Gasteiger partial charge >= 0.3 is 5.97 Å². The number of aromatic nitrogens is 1. The highest BCUT2D eigenvalue weighted by Gasteiger charge is 2.23. The molecule has 0 aliphatic carbocycles. The number of methoxy groups -OCH3 is 1. The molecule has 1 unspecified atom stereocenters. The number of aryl methyl sites for hydroxylation is 1. The summed E-state index contributed by atoms with van der Waals surface area (Å²) in [6.07, 6.45) is 2.19. The van der Waals surface area contributed by atoms with Crippen LogP contribution in [0.3, 0.4) is 0 Å². The van der Waals surface area contributed by atoms with E-state index in [1.54, 1.807) is 11.3 Å². The first-order chi connectivity index (χ1) is 8.67. The van der Waals surface area contributed by atoms with Crippen LogP contribution in [0, 0.1) is 6.92 Å². The zero-order valence-corrected chi connectivity index (χ0v) is 11.5. The van der Waals surface area contributed by atoms with Gasteiger partial charge in [0, 0.05) is 30.7 Å². The normalized spacial score (nSPS) is 20.9. The van der Waals surface area contributed by atoms with Gasteiger partial charge in [0.2, 0.25) is 0 Å². The number of morpholine rings is 1. The van der Waals surface area contributed by atoms with E-state index >= 15 is 0 Å². The second kappa shape index (κ2) is 6.26. The Morgan fingerprint density at radius 2 is 2.56 bits per heavy atom. The van der Waals surface area contributed by atoms with E-state index in [1.807, 2.05) is 13.1 Å². The van der Waals surface area contributed by atoms with Gasteiger partial charge in [-0.1, -0.05) is 0 Å². The Hall–Kier alpha value is -0.980. The predicted molar refractivity (Wildman–Crippen MR) is 68.5 cm³/mol. The molecule has 0 N–H and O–H groups in total. The molecule has 1 saturated heterocycles. The molecule has 18 heavy (non-hydrogen) atoms. The first kappa shape index (κ1) is 13.5. The predicted octanol–water partition coefficient (Wildman–Crippen LogP) is 1.22. The molecule has 2 heterocycles. The number of carbonyl (C=O) groups is 1. The van der Waals surface area contributed by atoms with Crippen LogP contribution in [0.2, 0.25) is 0 Å². The molecule has 100 valence electrons. The Labute approximate surface area is 111 Å². The van der Waals surface area contributed by atoms with E-state index in [0.717, 1.165) is 24.6 Å². The van der Waals surface area contributed by atoms with E-state index in [4.69, 9.17) is 4.74 Å². The van der Waals surface area contributed by atoms with Crippen LogP contribution in [0.4, 0.5) is 0 Å². The van der Waals surface area contributed by atoms with Gasteiger partial charge in [0.1, 0.15) is 0 Å². The maximum atomic E-state index is 11.2. The molecule has 0 spiro atoms. The number of nitrogens with zero attached hydrogens (tertiary/aromatic N) is 2. The molecule has 2 rings (SSSR count). The fraction of sp³-hybridized carbons (Fsp3) is 0.667. The molecular formula is C12H18N2O3S. The number of hydrogen-bond acceptors (Lipinski definition) is 6. The molecule has 0 saturated carbocycles. The van der Waals surface area contributed by atoms with Crippen LogP contribution in [0.5, 0.6) is 0 Å². The van der Waals surface area contributed by atoms with E-state index in [1.165, 1.54) is 12.0 Å². The molecule has 0 bridgehead atoms. The van der Waals surface area contributed by atoms with E-state index < -0.39 is 0 Å². The van der Waals surface area contributed by atoms with E-state index in [9.17, 15) is 4.79 Å². The summed E-state index contributed by atoms with van der Waals surface area (Å²) in [5, 5.41) is 1.09. The van der Waals surface area contributed by atoms with Crippen molar-refractivity contribution in [2.75, 3.05) is 26.8 Å². The van der Waals surface area contributed by atoms with Gasteiger partial charge in [0.25, 0.3) is 0 Å². The summed E-state index contributed by atoms with van der Waals surface area (Å²) in [6.45, 7) is 5.22. The van der Waals surface area contributed by atoms with Gasteiger partial charge in [-0.3, -0.25) is 9.69 Å². The number of carbonyl (C=O) groups excluding carboxylic acids is 1. The number of esters is 1. The molecule has 1 aromatic heterocycles. The van der Waals surface area contributed by atoms with Crippen molar-refractivity contribution in [2.24, 2.45) is 0 Å². The van der Waals surface area contributed by atoms with Crippen LogP contribution >= 0.6 is 11.3 Å². The molecule has 0 radical (unpaired) electrons. The van der Waals surface area contributed by atoms with Gasteiger partial charge in [-0.25, -0.2) is 4.98 Å². The molecule has 5 nitrogen and oxygen atoms in total. The van der Waals surface area contributed by atoms with Gasteiger partial charge in [-0.15, -0.1) is 11.3 Å². The van der Waals surface area contributed by atoms with E-state index in [0.29, 0.717) is 13.0 Å². The van der Waals surface area contributed by atoms with Crippen molar-refractivity contribution in [3.05, 3.63) is 16.1 Å². The smallest absolute Gasteiger partial charge is 0.308 e. The minimum atomic E-state index is -0.213. The van der Waals surface area contributed by atoms with Gasteiger partial charge in [0.05, 0.1) is 31.2 Å². The lowest BCUT2D eigenvalue weighted by Crippen LogP contribution is -2.42. The van der Waals surface area contributed by atoms with Crippen LogP contribution in [-0.2, 0) is 20.8 Å². The second-order valence-corrected chi connectivity index (χ2v) is 5.67. The first-order valence-corrected chi connectivity index (χ1v) is 6.81. The average molecular weight is 270 g/mol. The zero-order chi connectivity index (χ0) is 13.0. The van der Waals surface area contributed by atoms with Crippen LogP contribution < -0.4 is 0 Å². The van der Waals surface area contributed by atoms with Crippen LogP contribution in [0.25, 0.3) is 0 Å². The minimum absolute atomic E-state index is 0.0554. The zero-order valence-electron chi connectivity index (χ0n) is 10.7. The fourth-order valence-corrected chi connectivity index (χ4v) is 2.85. The van der Waals surface area contributed by atoms with E-state index in [-0.39, 0.29) is 12.1 Å². The Morgan fingerprint density at radius 1 is 1.72 bits per heavy atom. The van der Waals surface area contributed by atoms with Crippen molar-refractivity contribution in [3.8, 4) is 0 Å². The molecule has 0 aromatic carbocycles. The summed E-state index contributed by atoms with van der Waals surface area (Å²) in [5.74, 6) is -0.213. The lowest BCUT2D eigenvalue weighted by Gasteiger charge is -2.31.